The number of aromatic nitrogens is 1. The molecule has 0 aromatic carbocycles. The number of pyridine rings is 1. The number of nitrogens with zero attached hydrogens (tertiary/aromatic N) is 2. The minimum atomic E-state index is -0.601. The van der Waals surface area contributed by atoms with Crippen LogP contribution in [0.1, 0.15) is 37.8 Å². The molecule has 2 heterocycles. The third-order valence-corrected chi connectivity index (χ3v) is 4.28. The lowest BCUT2D eigenvalue weighted by Crippen LogP contribution is -2.45. The average Bonchev–Trinajstić information content (AvgIpc) is 2.55. The molecular formula is C16H25N5O2. The Hall–Kier alpha value is -2.15. The summed E-state index contributed by atoms with van der Waals surface area (Å²) in [5, 5.41) is 5.44. The predicted molar refractivity (Wildman–Crippen MR) is 87.6 cm³/mol. The highest BCUT2D eigenvalue weighted by Gasteiger charge is 2.24. The lowest BCUT2D eigenvalue weighted by atomic mass is 10.0. The van der Waals surface area contributed by atoms with E-state index in [1.54, 1.807) is 0 Å². The van der Waals surface area contributed by atoms with Gasteiger partial charge in [-0.05, 0) is 37.5 Å². The predicted octanol–water partition coefficient (Wildman–Crippen LogP) is 0.782. The molecule has 23 heavy (non-hydrogen) atoms. The van der Waals surface area contributed by atoms with Gasteiger partial charge in [-0.15, -0.1) is 0 Å². The third-order valence-electron chi connectivity index (χ3n) is 4.28. The Labute approximate surface area is 136 Å². The van der Waals surface area contributed by atoms with E-state index in [4.69, 9.17) is 5.73 Å². The van der Waals surface area contributed by atoms with Crippen molar-refractivity contribution in [3.8, 4) is 0 Å². The smallest absolute Gasteiger partial charge is 0.312 e. The Bertz CT molecular complexity index is 514. The summed E-state index contributed by atoms with van der Waals surface area (Å²) >= 11 is 0. The van der Waals surface area contributed by atoms with E-state index in [2.05, 4.69) is 27.4 Å². The van der Waals surface area contributed by atoms with E-state index < -0.39 is 6.03 Å². The average molecular weight is 319 g/mol. The van der Waals surface area contributed by atoms with Gasteiger partial charge in [-0.25, -0.2) is 4.79 Å². The maximum Gasteiger partial charge on any atom is 0.312 e. The summed E-state index contributed by atoms with van der Waals surface area (Å²) in [4.78, 5) is 28.8. The first-order valence-corrected chi connectivity index (χ1v) is 8.03. The SMILES string of the molecule is CC(c1ccncc1)N1CCC(NC(=O)CCNC(N)=O)CC1. The first-order valence-electron chi connectivity index (χ1n) is 8.03. The number of urea groups is 1. The summed E-state index contributed by atoms with van der Waals surface area (Å²) in [6.45, 7) is 4.38. The summed E-state index contributed by atoms with van der Waals surface area (Å²) in [7, 11) is 0. The van der Waals surface area contributed by atoms with E-state index in [1.807, 2.05) is 24.5 Å². The molecule has 1 aromatic rings. The van der Waals surface area contributed by atoms with E-state index in [9.17, 15) is 9.59 Å². The van der Waals surface area contributed by atoms with Gasteiger partial charge in [0, 0.05) is 50.5 Å². The van der Waals surface area contributed by atoms with Gasteiger partial charge in [0.05, 0.1) is 0 Å². The molecule has 7 heteroatoms. The molecular weight excluding hydrogens is 294 g/mol. The molecule has 1 fully saturated rings. The summed E-state index contributed by atoms with van der Waals surface area (Å²) in [5.74, 6) is -0.0422. The molecule has 1 aromatic heterocycles. The number of hydrogen-bond donors (Lipinski definition) is 3. The van der Waals surface area contributed by atoms with Crippen LogP contribution in [0.25, 0.3) is 0 Å². The summed E-state index contributed by atoms with van der Waals surface area (Å²) in [6.07, 6.45) is 5.77. The van der Waals surface area contributed by atoms with E-state index in [0.29, 0.717) is 6.04 Å². The molecule has 7 nitrogen and oxygen atoms in total. The lowest BCUT2D eigenvalue weighted by Gasteiger charge is -2.36. The van der Waals surface area contributed by atoms with Gasteiger partial charge in [-0.1, -0.05) is 0 Å². The van der Waals surface area contributed by atoms with Gasteiger partial charge in [-0.3, -0.25) is 14.7 Å². The van der Waals surface area contributed by atoms with Crippen molar-refractivity contribution in [2.45, 2.75) is 38.3 Å². The highest BCUT2D eigenvalue weighted by molar-refractivity contribution is 5.77. The van der Waals surface area contributed by atoms with Crippen LogP contribution in [0.5, 0.6) is 0 Å². The molecule has 0 spiro atoms. The number of amides is 3. The third kappa shape index (κ3) is 5.52. The van der Waals surface area contributed by atoms with Crippen LogP contribution in [0.3, 0.4) is 0 Å². The molecule has 1 aliphatic heterocycles. The fourth-order valence-corrected chi connectivity index (χ4v) is 2.88. The van der Waals surface area contributed by atoms with Gasteiger partial charge < -0.3 is 16.4 Å². The second-order valence-electron chi connectivity index (χ2n) is 5.88. The molecule has 0 aliphatic carbocycles. The van der Waals surface area contributed by atoms with Gasteiger partial charge >= 0.3 is 6.03 Å². The summed E-state index contributed by atoms with van der Waals surface area (Å²) in [5.41, 5.74) is 6.23. The second-order valence-corrected chi connectivity index (χ2v) is 5.88. The van der Waals surface area contributed by atoms with Crippen LogP contribution < -0.4 is 16.4 Å². The van der Waals surface area contributed by atoms with Crippen molar-refractivity contribution < 1.29 is 9.59 Å². The molecule has 1 unspecified atom stereocenters. The molecule has 0 radical (unpaired) electrons. The number of likely N-dealkylation sites (tertiary alicyclic amines) is 1. The molecule has 1 saturated heterocycles. The fraction of sp³-hybridized carbons (Fsp3) is 0.562. The number of nitrogens with one attached hydrogen (secondary N) is 2. The number of carbonyl (C=O) groups is 2. The monoisotopic (exact) mass is 319 g/mol. The zero-order valence-electron chi connectivity index (χ0n) is 13.5. The highest BCUT2D eigenvalue weighted by atomic mass is 16.2. The van der Waals surface area contributed by atoms with E-state index in [0.717, 1.165) is 25.9 Å². The van der Waals surface area contributed by atoms with Crippen molar-refractivity contribution in [3.63, 3.8) is 0 Å². The van der Waals surface area contributed by atoms with Crippen LogP contribution >= 0.6 is 0 Å². The molecule has 4 N–H and O–H groups in total. The summed E-state index contributed by atoms with van der Waals surface area (Å²) in [6, 6.07) is 4.05. The van der Waals surface area contributed by atoms with Crippen molar-refractivity contribution in [1.82, 2.24) is 20.5 Å². The summed E-state index contributed by atoms with van der Waals surface area (Å²) < 4.78 is 0. The normalized spacial score (nSPS) is 17.4. The number of piperidine rings is 1. The van der Waals surface area contributed by atoms with E-state index >= 15 is 0 Å². The van der Waals surface area contributed by atoms with Gasteiger partial charge in [0.15, 0.2) is 0 Å². The molecule has 0 saturated carbocycles. The Morgan fingerprint density at radius 3 is 2.61 bits per heavy atom. The van der Waals surface area contributed by atoms with Crippen LogP contribution in [0, 0.1) is 0 Å². The van der Waals surface area contributed by atoms with Crippen molar-refractivity contribution in [1.29, 1.82) is 0 Å². The van der Waals surface area contributed by atoms with Crippen LogP contribution in [0.15, 0.2) is 24.5 Å². The first kappa shape index (κ1) is 17.2. The molecule has 1 aliphatic rings. The number of carbonyl (C=O) groups excluding carboxylic acids is 2. The molecule has 1 atom stereocenters. The van der Waals surface area contributed by atoms with Crippen molar-refractivity contribution in [2.75, 3.05) is 19.6 Å². The number of rotatable bonds is 6. The lowest BCUT2D eigenvalue weighted by molar-refractivity contribution is -0.122. The Balaban J connectivity index is 1.71. The highest BCUT2D eigenvalue weighted by Crippen LogP contribution is 2.23. The van der Waals surface area contributed by atoms with Crippen LogP contribution in [-0.2, 0) is 4.79 Å². The maximum absolute atomic E-state index is 11.8. The van der Waals surface area contributed by atoms with Gasteiger partial charge in [0.25, 0.3) is 0 Å². The Morgan fingerprint density at radius 2 is 2.00 bits per heavy atom. The van der Waals surface area contributed by atoms with Crippen molar-refractivity contribution in [2.24, 2.45) is 5.73 Å². The van der Waals surface area contributed by atoms with Crippen LogP contribution in [0.4, 0.5) is 4.79 Å². The van der Waals surface area contributed by atoms with Crippen molar-refractivity contribution >= 4 is 11.9 Å². The van der Waals surface area contributed by atoms with E-state index in [1.165, 1.54) is 5.56 Å². The minimum Gasteiger partial charge on any atom is -0.353 e. The zero-order chi connectivity index (χ0) is 16.7. The Morgan fingerprint density at radius 1 is 1.35 bits per heavy atom. The molecule has 126 valence electrons. The van der Waals surface area contributed by atoms with Crippen LogP contribution in [0.2, 0.25) is 0 Å². The van der Waals surface area contributed by atoms with Crippen molar-refractivity contribution in [3.05, 3.63) is 30.1 Å². The molecule has 0 bridgehead atoms. The quantitative estimate of drug-likeness (QED) is 0.721. The number of primary amides is 1. The zero-order valence-corrected chi connectivity index (χ0v) is 13.5. The van der Waals surface area contributed by atoms with Crippen LogP contribution in [-0.4, -0.2) is 47.5 Å². The Kier molecular flexibility index (Phi) is 6.34. The first-order chi connectivity index (χ1) is 11.1. The van der Waals surface area contributed by atoms with Gasteiger partial charge in [-0.2, -0.15) is 0 Å². The van der Waals surface area contributed by atoms with Gasteiger partial charge in [0.2, 0.25) is 5.91 Å². The molecule has 2 rings (SSSR count). The maximum atomic E-state index is 11.8. The number of hydrogen-bond acceptors (Lipinski definition) is 4. The van der Waals surface area contributed by atoms with E-state index in [-0.39, 0.29) is 24.9 Å². The number of nitrogens with two attached hydrogens (primary N) is 1. The standard InChI is InChI=1S/C16H25N5O2/c1-12(13-2-7-18-8-3-13)21-10-5-14(6-11-21)20-15(22)4-9-19-16(17)23/h2-3,7-8,12,14H,4-6,9-11H2,1H3,(H,20,22)(H3,17,19,23). The second kappa shape index (κ2) is 8.47. The molecule has 3 amide bonds. The largest absolute Gasteiger partial charge is 0.353 e. The minimum absolute atomic E-state index is 0.0422. The topological polar surface area (TPSA) is 100 Å². The fourth-order valence-electron chi connectivity index (χ4n) is 2.88. The van der Waals surface area contributed by atoms with Gasteiger partial charge in [0.1, 0.15) is 0 Å².